The number of rotatable bonds is 6. The van der Waals surface area contributed by atoms with Gasteiger partial charge in [-0.05, 0) is 6.42 Å². The number of carbonyl (C=O) groups is 2. The molecule has 0 unspecified atom stereocenters. The third-order valence-corrected chi connectivity index (χ3v) is 2.15. The molecule has 0 aromatic carbocycles. The van der Waals surface area contributed by atoms with Crippen molar-refractivity contribution in [3.63, 3.8) is 0 Å². The molecular formula is C11H21NO2. The zero-order valence-electron chi connectivity index (χ0n) is 9.59. The van der Waals surface area contributed by atoms with Gasteiger partial charge in [0, 0.05) is 24.8 Å². The zero-order chi connectivity index (χ0) is 11.1. The lowest BCUT2D eigenvalue weighted by Crippen LogP contribution is -2.31. The van der Waals surface area contributed by atoms with Crippen LogP contribution in [0.2, 0.25) is 0 Å². The fraction of sp³-hybridized carbons (Fsp3) is 0.818. The molecule has 0 bridgehead atoms. The number of amides is 1. The monoisotopic (exact) mass is 199 g/mol. The van der Waals surface area contributed by atoms with Crippen LogP contribution in [-0.2, 0) is 9.59 Å². The predicted molar refractivity (Wildman–Crippen MR) is 56.9 cm³/mol. The van der Waals surface area contributed by atoms with E-state index in [2.05, 4.69) is 5.32 Å². The first-order valence-corrected chi connectivity index (χ1v) is 5.29. The Morgan fingerprint density at radius 2 is 1.79 bits per heavy atom. The average molecular weight is 199 g/mol. The molecule has 3 heteroatoms. The minimum atomic E-state index is -0.198. The molecule has 0 saturated heterocycles. The van der Waals surface area contributed by atoms with Crippen molar-refractivity contribution in [2.24, 2.45) is 11.8 Å². The highest BCUT2D eigenvalue weighted by molar-refractivity contribution is 5.87. The summed E-state index contributed by atoms with van der Waals surface area (Å²) in [4.78, 5) is 22.7. The zero-order valence-corrected chi connectivity index (χ0v) is 9.59. The third-order valence-electron chi connectivity index (χ3n) is 2.15. The highest BCUT2D eigenvalue weighted by Crippen LogP contribution is 2.08. The third kappa shape index (κ3) is 5.00. The van der Waals surface area contributed by atoms with E-state index in [-0.39, 0.29) is 23.5 Å². The maximum Gasteiger partial charge on any atom is 0.223 e. The van der Waals surface area contributed by atoms with E-state index >= 15 is 0 Å². The molecule has 0 aromatic heterocycles. The van der Waals surface area contributed by atoms with Crippen LogP contribution >= 0.6 is 0 Å². The predicted octanol–water partition coefficient (Wildman–Crippen LogP) is 1.76. The molecule has 1 N–H and O–H groups in total. The molecule has 14 heavy (non-hydrogen) atoms. The number of Topliss-reactive ketones (excluding diaryl/α,β-unsaturated/α-hetero) is 1. The van der Waals surface area contributed by atoms with Gasteiger partial charge in [-0.2, -0.15) is 0 Å². The second-order valence-corrected chi connectivity index (χ2v) is 4.02. The molecule has 0 spiro atoms. The summed E-state index contributed by atoms with van der Waals surface area (Å²) in [7, 11) is 0. The SMILES string of the molecule is CCCNC(=O)[C@H](C)CC(=O)C(C)C. The van der Waals surface area contributed by atoms with Gasteiger partial charge in [0.15, 0.2) is 0 Å². The van der Waals surface area contributed by atoms with Crippen LogP contribution in [0.25, 0.3) is 0 Å². The maximum absolute atomic E-state index is 11.4. The van der Waals surface area contributed by atoms with Crippen molar-refractivity contribution in [2.45, 2.75) is 40.5 Å². The molecule has 0 aliphatic carbocycles. The second-order valence-electron chi connectivity index (χ2n) is 4.02. The lowest BCUT2D eigenvalue weighted by atomic mass is 9.97. The molecule has 0 heterocycles. The smallest absolute Gasteiger partial charge is 0.223 e. The van der Waals surface area contributed by atoms with E-state index in [1.165, 1.54) is 0 Å². The van der Waals surface area contributed by atoms with Crippen LogP contribution in [0.5, 0.6) is 0 Å². The van der Waals surface area contributed by atoms with Crippen LogP contribution in [0, 0.1) is 11.8 Å². The summed E-state index contributed by atoms with van der Waals surface area (Å²) in [6, 6.07) is 0. The van der Waals surface area contributed by atoms with Crippen molar-refractivity contribution < 1.29 is 9.59 Å². The number of hydrogen-bond acceptors (Lipinski definition) is 2. The maximum atomic E-state index is 11.4. The highest BCUT2D eigenvalue weighted by Gasteiger charge is 2.17. The first-order chi connectivity index (χ1) is 6.49. The first kappa shape index (κ1) is 13.1. The topological polar surface area (TPSA) is 46.2 Å². The van der Waals surface area contributed by atoms with Gasteiger partial charge in [-0.3, -0.25) is 9.59 Å². The van der Waals surface area contributed by atoms with Crippen LogP contribution in [-0.4, -0.2) is 18.2 Å². The van der Waals surface area contributed by atoms with Crippen LogP contribution in [0.15, 0.2) is 0 Å². The largest absolute Gasteiger partial charge is 0.356 e. The Balaban J connectivity index is 3.89. The quantitative estimate of drug-likeness (QED) is 0.708. The molecule has 0 radical (unpaired) electrons. The minimum absolute atomic E-state index is 0.0131. The second kappa shape index (κ2) is 6.57. The van der Waals surface area contributed by atoms with E-state index in [4.69, 9.17) is 0 Å². The van der Waals surface area contributed by atoms with E-state index < -0.39 is 0 Å². The Morgan fingerprint density at radius 3 is 2.21 bits per heavy atom. The fourth-order valence-electron chi connectivity index (χ4n) is 1.05. The van der Waals surface area contributed by atoms with E-state index in [1.54, 1.807) is 6.92 Å². The Bertz CT molecular complexity index is 199. The summed E-state index contributed by atoms with van der Waals surface area (Å²) < 4.78 is 0. The van der Waals surface area contributed by atoms with Crippen molar-refractivity contribution >= 4 is 11.7 Å². The molecule has 0 fully saturated rings. The Kier molecular flexibility index (Phi) is 6.17. The van der Waals surface area contributed by atoms with Gasteiger partial charge < -0.3 is 5.32 Å². The van der Waals surface area contributed by atoms with E-state index in [0.29, 0.717) is 13.0 Å². The van der Waals surface area contributed by atoms with Crippen molar-refractivity contribution in [1.29, 1.82) is 0 Å². The number of carbonyl (C=O) groups excluding carboxylic acids is 2. The fourth-order valence-corrected chi connectivity index (χ4v) is 1.05. The van der Waals surface area contributed by atoms with Crippen molar-refractivity contribution in [3.05, 3.63) is 0 Å². The van der Waals surface area contributed by atoms with Gasteiger partial charge in [0.05, 0.1) is 0 Å². The van der Waals surface area contributed by atoms with E-state index in [9.17, 15) is 9.59 Å². The molecule has 3 nitrogen and oxygen atoms in total. The van der Waals surface area contributed by atoms with Crippen LogP contribution in [0.4, 0.5) is 0 Å². The molecule has 0 aliphatic rings. The summed E-state index contributed by atoms with van der Waals surface area (Å²) >= 11 is 0. The van der Waals surface area contributed by atoms with Gasteiger partial charge in [-0.1, -0.05) is 27.7 Å². The summed E-state index contributed by atoms with van der Waals surface area (Å²) in [6.07, 6.45) is 1.28. The summed E-state index contributed by atoms with van der Waals surface area (Å²) in [5.41, 5.74) is 0. The molecule has 0 rings (SSSR count). The number of nitrogens with one attached hydrogen (secondary N) is 1. The van der Waals surface area contributed by atoms with Gasteiger partial charge in [0.2, 0.25) is 5.91 Å². The van der Waals surface area contributed by atoms with Crippen molar-refractivity contribution in [3.8, 4) is 0 Å². The number of hydrogen-bond donors (Lipinski definition) is 1. The van der Waals surface area contributed by atoms with Crippen molar-refractivity contribution in [2.75, 3.05) is 6.54 Å². The summed E-state index contributed by atoms with van der Waals surface area (Å²) in [5.74, 6) is -0.0297. The molecular weight excluding hydrogens is 178 g/mol. The molecule has 0 saturated carbocycles. The summed E-state index contributed by atoms with van der Waals surface area (Å²) in [6.45, 7) is 8.21. The molecule has 1 amide bonds. The van der Waals surface area contributed by atoms with Gasteiger partial charge >= 0.3 is 0 Å². The minimum Gasteiger partial charge on any atom is -0.356 e. The van der Waals surface area contributed by atoms with Gasteiger partial charge in [0.25, 0.3) is 0 Å². The molecule has 0 aromatic rings. The molecule has 82 valence electrons. The van der Waals surface area contributed by atoms with E-state index in [1.807, 2.05) is 20.8 Å². The van der Waals surface area contributed by atoms with Crippen LogP contribution in [0.1, 0.15) is 40.5 Å². The lowest BCUT2D eigenvalue weighted by molar-refractivity contribution is -0.130. The highest BCUT2D eigenvalue weighted by atomic mass is 16.2. The van der Waals surface area contributed by atoms with Gasteiger partial charge in [0.1, 0.15) is 5.78 Å². The summed E-state index contributed by atoms with van der Waals surface area (Å²) in [5, 5.41) is 2.79. The Labute approximate surface area is 86.3 Å². The van der Waals surface area contributed by atoms with Gasteiger partial charge in [-0.15, -0.1) is 0 Å². The van der Waals surface area contributed by atoms with Crippen molar-refractivity contribution in [1.82, 2.24) is 5.32 Å². The normalized spacial score (nSPS) is 12.6. The van der Waals surface area contributed by atoms with E-state index in [0.717, 1.165) is 6.42 Å². The average Bonchev–Trinajstić information content (AvgIpc) is 2.13. The van der Waals surface area contributed by atoms with Crippen LogP contribution in [0.3, 0.4) is 0 Å². The molecule has 0 aliphatic heterocycles. The Morgan fingerprint density at radius 1 is 1.21 bits per heavy atom. The number of ketones is 1. The lowest BCUT2D eigenvalue weighted by Gasteiger charge is -2.12. The van der Waals surface area contributed by atoms with Gasteiger partial charge in [-0.25, -0.2) is 0 Å². The van der Waals surface area contributed by atoms with Crippen LogP contribution < -0.4 is 5.32 Å². The molecule has 1 atom stereocenters. The first-order valence-electron chi connectivity index (χ1n) is 5.29. The Hall–Kier alpha value is -0.860. The standard InChI is InChI=1S/C11H21NO2/c1-5-6-12-11(14)9(4)7-10(13)8(2)3/h8-9H,5-7H2,1-4H3,(H,12,14)/t9-/m1/s1.